The molecule has 0 atom stereocenters. The Morgan fingerprint density at radius 1 is 1.58 bits per heavy atom. The van der Waals surface area contributed by atoms with Gasteiger partial charge in [-0.3, -0.25) is 4.98 Å². The molecule has 0 aromatic carbocycles. The molecule has 62 valence electrons. The summed E-state index contributed by atoms with van der Waals surface area (Å²) in [5.74, 6) is 0. The molecule has 12 heavy (non-hydrogen) atoms. The molecule has 0 saturated heterocycles. The molecule has 3 nitrogen and oxygen atoms in total. The fourth-order valence-corrected chi connectivity index (χ4v) is 0.905. The number of hydrogen-bond donors (Lipinski definition) is 0. The van der Waals surface area contributed by atoms with Gasteiger partial charge in [-0.15, -0.1) is 0 Å². The van der Waals surface area contributed by atoms with E-state index >= 15 is 0 Å². The Morgan fingerprint density at radius 3 is 3.08 bits per heavy atom. The smallest absolute Gasteiger partial charge is 0.101 e. The van der Waals surface area contributed by atoms with E-state index in [1.807, 2.05) is 12.1 Å². The van der Waals surface area contributed by atoms with Crippen molar-refractivity contribution in [2.24, 2.45) is 0 Å². The van der Waals surface area contributed by atoms with Crippen molar-refractivity contribution in [2.45, 2.75) is 6.42 Å². The van der Waals surface area contributed by atoms with Gasteiger partial charge in [0.1, 0.15) is 6.07 Å². The molecule has 0 aliphatic heterocycles. The van der Waals surface area contributed by atoms with Crippen molar-refractivity contribution in [3.8, 4) is 6.07 Å². The molecule has 1 aromatic rings. The highest BCUT2D eigenvalue weighted by Gasteiger charge is 1.94. The summed E-state index contributed by atoms with van der Waals surface area (Å²) < 4.78 is 4.91. The first kappa shape index (κ1) is 8.69. The maximum Gasteiger partial charge on any atom is 0.101 e. The van der Waals surface area contributed by atoms with E-state index in [1.54, 1.807) is 19.5 Å². The van der Waals surface area contributed by atoms with E-state index in [1.165, 1.54) is 0 Å². The predicted octanol–water partition coefficient (Wildman–Crippen LogP) is 1.14. The molecule has 0 amide bonds. The summed E-state index contributed by atoms with van der Waals surface area (Å²) in [4.78, 5) is 3.93. The number of methoxy groups -OCH3 is 1. The summed E-state index contributed by atoms with van der Waals surface area (Å²) in [6.45, 7) is 0.663. The quantitative estimate of drug-likeness (QED) is 0.669. The molecule has 0 N–H and O–H groups in total. The summed E-state index contributed by atoms with van der Waals surface area (Å²) in [7, 11) is 1.65. The lowest BCUT2D eigenvalue weighted by Gasteiger charge is -1.98. The second-order valence-electron chi connectivity index (χ2n) is 2.44. The summed E-state index contributed by atoms with van der Waals surface area (Å²) in [5, 5.41) is 8.57. The maximum absolute atomic E-state index is 8.57. The fourth-order valence-electron chi connectivity index (χ4n) is 0.905. The lowest BCUT2D eigenvalue weighted by Crippen LogP contribution is -1.95. The summed E-state index contributed by atoms with van der Waals surface area (Å²) in [6, 6.07) is 3.87. The zero-order valence-electron chi connectivity index (χ0n) is 6.95. The summed E-state index contributed by atoms with van der Waals surface area (Å²) in [5.41, 5.74) is 1.64. The molecule has 1 aromatic heterocycles. The van der Waals surface area contributed by atoms with E-state index in [0.717, 1.165) is 12.0 Å². The van der Waals surface area contributed by atoms with Gasteiger partial charge in [0.15, 0.2) is 0 Å². The van der Waals surface area contributed by atoms with Gasteiger partial charge in [0.2, 0.25) is 0 Å². The molecule has 0 spiro atoms. The standard InChI is InChI=1S/C9H10N2O/c1-12-3-2-8-4-9(5-10)7-11-6-8/h4,6-7H,2-3H2,1H3. The Labute approximate surface area is 71.6 Å². The number of nitriles is 1. The van der Waals surface area contributed by atoms with Gasteiger partial charge in [-0.05, 0) is 18.1 Å². The van der Waals surface area contributed by atoms with Crippen LogP contribution in [0.5, 0.6) is 0 Å². The van der Waals surface area contributed by atoms with Crippen LogP contribution in [0.25, 0.3) is 0 Å². The molecule has 0 unspecified atom stereocenters. The highest BCUT2D eigenvalue weighted by atomic mass is 16.5. The van der Waals surface area contributed by atoms with Gasteiger partial charge in [-0.1, -0.05) is 0 Å². The van der Waals surface area contributed by atoms with Crippen LogP contribution in [0, 0.1) is 11.3 Å². The van der Waals surface area contributed by atoms with Crippen LogP contribution in [-0.4, -0.2) is 18.7 Å². The van der Waals surface area contributed by atoms with Crippen LogP contribution in [-0.2, 0) is 11.2 Å². The average molecular weight is 162 g/mol. The van der Waals surface area contributed by atoms with Crippen LogP contribution in [0.15, 0.2) is 18.5 Å². The van der Waals surface area contributed by atoms with E-state index < -0.39 is 0 Å². The molecular formula is C9H10N2O. The Kier molecular flexibility index (Phi) is 3.24. The van der Waals surface area contributed by atoms with Crippen LogP contribution < -0.4 is 0 Å². The number of aromatic nitrogens is 1. The van der Waals surface area contributed by atoms with Crippen LogP contribution >= 0.6 is 0 Å². The predicted molar refractivity (Wildman–Crippen MR) is 44.5 cm³/mol. The van der Waals surface area contributed by atoms with E-state index in [0.29, 0.717) is 12.2 Å². The second kappa shape index (κ2) is 4.47. The Balaban J connectivity index is 2.68. The Hall–Kier alpha value is -1.40. The summed E-state index contributed by atoms with van der Waals surface area (Å²) in [6.07, 6.45) is 4.11. The zero-order valence-corrected chi connectivity index (χ0v) is 6.95. The molecule has 0 fully saturated rings. The average Bonchev–Trinajstić information content (AvgIpc) is 2.15. The third-order valence-electron chi connectivity index (χ3n) is 1.52. The van der Waals surface area contributed by atoms with Gasteiger partial charge in [0.25, 0.3) is 0 Å². The Bertz CT molecular complexity index is 291. The van der Waals surface area contributed by atoms with Gasteiger partial charge in [-0.2, -0.15) is 5.26 Å². The SMILES string of the molecule is COCCc1cncc(C#N)c1. The van der Waals surface area contributed by atoms with Gasteiger partial charge < -0.3 is 4.74 Å². The molecule has 1 rings (SSSR count). The lowest BCUT2D eigenvalue weighted by atomic mass is 10.2. The van der Waals surface area contributed by atoms with Crippen molar-refractivity contribution in [2.75, 3.05) is 13.7 Å². The van der Waals surface area contributed by atoms with E-state index in [9.17, 15) is 0 Å². The zero-order chi connectivity index (χ0) is 8.81. The van der Waals surface area contributed by atoms with Crippen molar-refractivity contribution in [1.82, 2.24) is 4.98 Å². The topological polar surface area (TPSA) is 45.9 Å². The molecule has 0 radical (unpaired) electrons. The van der Waals surface area contributed by atoms with Gasteiger partial charge in [0.05, 0.1) is 12.2 Å². The third kappa shape index (κ3) is 2.33. The maximum atomic E-state index is 8.57. The van der Waals surface area contributed by atoms with Crippen molar-refractivity contribution >= 4 is 0 Å². The second-order valence-corrected chi connectivity index (χ2v) is 2.44. The van der Waals surface area contributed by atoms with Gasteiger partial charge in [-0.25, -0.2) is 0 Å². The van der Waals surface area contributed by atoms with Crippen LogP contribution in [0.2, 0.25) is 0 Å². The third-order valence-corrected chi connectivity index (χ3v) is 1.52. The largest absolute Gasteiger partial charge is 0.384 e. The van der Waals surface area contributed by atoms with Crippen molar-refractivity contribution in [3.05, 3.63) is 29.6 Å². The molecule has 1 heterocycles. The first-order valence-corrected chi connectivity index (χ1v) is 3.70. The minimum absolute atomic E-state index is 0.601. The van der Waals surface area contributed by atoms with E-state index in [-0.39, 0.29) is 0 Å². The number of ether oxygens (including phenoxy) is 1. The highest BCUT2D eigenvalue weighted by Crippen LogP contribution is 2.01. The molecule has 0 aliphatic rings. The Morgan fingerprint density at radius 2 is 2.42 bits per heavy atom. The molecule has 3 heteroatoms. The number of nitrogens with zero attached hydrogens (tertiary/aromatic N) is 2. The number of pyridine rings is 1. The van der Waals surface area contributed by atoms with Gasteiger partial charge >= 0.3 is 0 Å². The molecule has 0 saturated carbocycles. The lowest BCUT2D eigenvalue weighted by molar-refractivity contribution is 0.202. The van der Waals surface area contributed by atoms with Gasteiger partial charge in [0, 0.05) is 19.5 Å². The van der Waals surface area contributed by atoms with E-state index in [4.69, 9.17) is 10.00 Å². The number of rotatable bonds is 3. The minimum atomic E-state index is 0.601. The monoisotopic (exact) mass is 162 g/mol. The summed E-state index contributed by atoms with van der Waals surface area (Å²) >= 11 is 0. The molecule has 0 bridgehead atoms. The minimum Gasteiger partial charge on any atom is -0.384 e. The normalized spacial score (nSPS) is 9.33. The van der Waals surface area contributed by atoms with Crippen molar-refractivity contribution in [1.29, 1.82) is 5.26 Å². The molecule has 0 aliphatic carbocycles. The van der Waals surface area contributed by atoms with E-state index in [2.05, 4.69) is 4.98 Å². The van der Waals surface area contributed by atoms with Crippen LogP contribution in [0.4, 0.5) is 0 Å². The van der Waals surface area contributed by atoms with Crippen molar-refractivity contribution in [3.63, 3.8) is 0 Å². The fraction of sp³-hybridized carbons (Fsp3) is 0.333. The van der Waals surface area contributed by atoms with Crippen LogP contribution in [0.3, 0.4) is 0 Å². The van der Waals surface area contributed by atoms with Crippen molar-refractivity contribution < 1.29 is 4.74 Å². The van der Waals surface area contributed by atoms with Crippen LogP contribution in [0.1, 0.15) is 11.1 Å². The first-order chi connectivity index (χ1) is 5.86. The number of hydrogen-bond acceptors (Lipinski definition) is 3. The first-order valence-electron chi connectivity index (χ1n) is 3.70. The molecular weight excluding hydrogens is 152 g/mol. The highest BCUT2D eigenvalue weighted by molar-refractivity contribution is 5.28.